The van der Waals surface area contributed by atoms with Crippen molar-refractivity contribution in [2.24, 2.45) is 5.92 Å². The standard InChI is InChI=1S/C19H24N4OS/c1-14(2)12-23-16(4)15(3)21-19(23)25-13-18(24)22(11-10-20)17-8-6-5-7-9-17/h5-9,14H,11-13H2,1-4H3. The van der Waals surface area contributed by atoms with Crippen LogP contribution in [0.15, 0.2) is 35.5 Å². The zero-order valence-electron chi connectivity index (χ0n) is 15.2. The second-order valence-corrected chi connectivity index (χ2v) is 7.27. The van der Waals surface area contributed by atoms with Gasteiger partial charge in [0.15, 0.2) is 5.16 Å². The molecule has 0 atom stereocenters. The molecule has 1 aromatic carbocycles. The molecule has 0 spiro atoms. The molecule has 5 nitrogen and oxygen atoms in total. The summed E-state index contributed by atoms with van der Waals surface area (Å²) in [4.78, 5) is 18.8. The van der Waals surface area contributed by atoms with Crippen molar-refractivity contribution in [2.45, 2.75) is 39.4 Å². The van der Waals surface area contributed by atoms with Crippen LogP contribution in [0.3, 0.4) is 0 Å². The maximum absolute atomic E-state index is 12.6. The number of imidazole rings is 1. The minimum atomic E-state index is -0.0906. The molecule has 0 aliphatic carbocycles. The van der Waals surface area contributed by atoms with Gasteiger partial charge in [0.1, 0.15) is 6.54 Å². The number of aryl methyl sites for hydroxylation is 1. The van der Waals surface area contributed by atoms with Crippen LogP contribution in [0, 0.1) is 31.1 Å². The summed E-state index contributed by atoms with van der Waals surface area (Å²) in [5.74, 6) is 0.666. The molecule has 0 aliphatic rings. The number of thioether (sulfide) groups is 1. The Balaban J connectivity index is 2.13. The molecule has 2 rings (SSSR count). The number of para-hydroxylation sites is 1. The molecule has 0 aliphatic heterocycles. The summed E-state index contributed by atoms with van der Waals surface area (Å²) in [5.41, 5.74) is 2.88. The van der Waals surface area contributed by atoms with Gasteiger partial charge in [0.25, 0.3) is 0 Å². The minimum Gasteiger partial charge on any atom is -0.323 e. The van der Waals surface area contributed by atoms with Crippen LogP contribution in [0.1, 0.15) is 25.2 Å². The highest BCUT2D eigenvalue weighted by molar-refractivity contribution is 7.99. The number of hydrogen-bond acceptors (Lipinski definition) is 4. The lowest BCUT2D eigenvalue weighted by molar-refractivity contribution is -0.116. The lowest BCUT2D eigenvalue weighted by Gasteiger charge is -2.19. The van der Waals surface area contributed by atoms with Gasteiger partial charge in [0.2, 0.25) is 5.91 Å². The Morgan fingerprint density at radius 1 is 1.32 bits per heavy atom. The summed E-state index contributed by atoms with van der Waals surface area (Å²) < 4.78 is 2.18. The van der Waals surface area contributed by atoms with Crippen LogP contribution < -0.4 is 4.90 Å². The number of hydrogen-bond donors (Lipinski definition) is 0. The molecule has 1 aromatic heterocycles. The third-order valence-corrected chi connectivity index (χ3v) is 4.85. The number of nitrogens with zero attached hydrogens (tertiary/aromatic N) is 4. The lowest BCUT2D eigenvalue weighted by Crippen LogP contribution is -2.32. The summed E-state index contributed by atoms with van der Waals surface area (Å²) in [7, 11) is 0. The zero-order chi connectivity index (χ0) is 18.4. The van der Waals surface area contributed by atoms with Crippen molar-refractivity contribution in [3.05, 3.63) is 41.7 Å². The van der Waals surface area contributed by atoms with Crippen LogP contribution in [0.2, 0.25) is 0 Å². The highest BCUT2D eigenvalue weighted by atomic mass is 32.2. The second-order valence-electron chi connectivity index (χ2n) is 6.33. The third kappa shape index (κ3) is 4.86. The lowest BCUT2D eigenvalue weighted by atomic mass is 10.2. The number of carbonyl (C=O) groups is 1. The number of amides is 1. The van der Waals surface area contributed by atoms with Crippen LogP contribution in [0.5, 0.6) is 0 Å². The fourth-order valence-corrected chi connectivity index (χ4v) is 3.50. The molecule has 1 amide bonds. The molecule has 1 heterocycles. The fraction of sp³-hybridized carbons (Fsp3) is 0.421. The van der Waals surface area contributed by atoms with E-state index >= 15 is 0 Å². The Labute approximate surface area is 153 Å². The Morgan fingerprint density at radius 2 is 2.00 bits per heavy atom. The van der Waals surface area contributed by atoms with Gasteiger partial charge in [0, 0.05) is 17.9 Å². The molecular formula is C19H24N4OS. The quantitative estimate of drug-likeness (QED) is 0.559. The smallest absolute Gasteiger partial charge is 0.238 e. The normalized spacial score (nSPS) is 10.7. The third-order valence-electron chi connectivity index (χ3n) is 3.89. The van der Waals surface area contributed by atoms with Crippen LogP contribution in [-0.2, 0) is 11.3 Å². The van der Waals surface area contributed by atoms with E-state index in [4.69, 9.17) is 5.26 Å². The van der Waals surface area contributed by atoms with Gasteiger partial charge in [0.05, 0.1) is 17.5 Å². The van der Waals surface area contributed by atoms with Crippen molar-refractivity contribution in [3.63, 3.8) is 0 Å². The zero-order valence-corrected chi connectivity index (χ0v) is 16.0. The van der Waals surface area contributed by atoms with E-state index in [1.54, 1.807) is 0 Å². The Hall–Kier alpha value is -2.26. The number of benzene rings is 1. The molecule has 0 N–H and O–H groups in total. The van der Waals surface area contributed by atoms with Crippen molar-refractivity contribution in [1.29, 1.82) is 5.26 Å². The number of carbonyl (C=O) groups excluding carboxylic acids is 1. The summed E-state index contributed by atoms with van der Waals surface area (Å²) in [6.45, 7) is 9.30. The molecule has 2 aromatic rings. The van der Waals surface area contributed by atoms with Crippen molar-refractivity contribution in [1.82, 2.24) is 9.55 Å². The highest BCUT2D eigenvalue weighted by Crippen LogP contribution is 2.24. The largest absolute Gasteiger partial charge is 0.323 e. The van der Waals surface area contributed by atoms with Gasteiger partial charge in [-0.25, -0.2) is 4.98 Å². The van der Waals surface area contributed by atoms with E-state index in [0.717, 1.165) is 28.8 Å². The maximum Gasteiger partial charge on any atom is 0.238 e. The van der Waals surface area contributed by atoms with E-state index in [1.165, 1.54) is 16.7 Å². The predicted octanol–water partition coefficient (Wildman–Crippen LogP) is 3.80. The van der Waals surface area contributed by atoms with Gasteiger partial charge in [-0.2, -0.15) is 5.26 Å². The molecule has 0 unspecified atom stereocenters. The van der Waals surface area contributed by atoms with E-state index in [2.05, 4.69) is 36.4 Å². The van der Waals surface area contributed by atoms with E-state index in [1.807, 2.05) is 37.3 Å². The average Bonchev–Trinajstić information content (AvgIpc) is 2.85. The molecule has 6 heteroatoms. The minimum absolute atomic E-state index is 0.0435. The van der Waals surface area contributed by atoms with Crippen LogP contribution >= 0.6 is 11.8 Å². The van der Waals surface area contributed by atoms with Crippen molar-refractivity contribution in [3.8, 4) is 6.07 Å². The van der Waals surface area contributed by atoms with Crippen LogP contribution in [0.4, 0.5) is 5.69 Å². The van der Waals surface area contributed by atoms with E-state index in [0.29, 0.717) is 5.92 Å². The van der Waals surface area contributed by atoms with Crippen molar-refractivity contribution >= 4 is 23.4 Å². The van der Waals surface area contributed by atoms with E-state index in [-0.39, 0.29) is 18.2 Å². The fourth-order valence-electron chi connectivity index (χ4n) is 2.52. The van der Waals surface area contributed by atoms with Gasteiger partial charge >= 0.3 is 0 Å². The van der Waals surface area contributed by atoms with Gasteiger partial charge in [-0.3, -0.25) is 9.69 Å². The number of aromatic nitrogens is 2. The van der Waals surface area contributed by atoms with Crippen LogP contribution in [0.25, 0.3) is 0 Å². The van der Waals surface area contributed by atoms with Gasteiger partial charge in [-0.05, 0) is 31.9 Å². The summed E-state index contributed by atoms with van der Waals surface area (Å²) in [6.07, 6.45) is 0. The number of anilines is 1. The second kappa shape index (κ2) is 8.72. The van der Waals surface area contributed by atoms with Gasteiger partial charge in [-0.15, -0.1) is 0 Å². The molecule has 0 saturated heterocycles. The van der Waals surface area contributed by atoms with Gasteiger partial charge in [-0.1, -0.05) is 43.8 Å². The first kappa shape index (κ1) is 19.1. The first-order valence-corrected chi connectivity index (χ1v) is 9.31. The van der Waals surface area contributed by atoms with Crippen molar-refractivity contribution < 1.29 is 4.79 Å². The molecule has 0 fully saturated rings. The summed E-state index contributed by atoms with van der Waals surface area (Å²) >= 11 is 1.43. The Morgan fingerprint density at radius 3 is 2.60 bits per heavy atom. The predicted molar refractivity (Wildman–Crippen MR) is 102 cm³/mol. The van der Waals surface area contributed by atoms with Crippen LogP contribution in [-0.4, -0.2) is 27.8 Å². The van der Waals surface area contributed by atoms with E-state index < -0.39 is 0 Å². The van der Waals surface area contributed by atoms with Gasteiger partial charge < -0.3 is 4.57 Å². The first-order valence-electron chi connectivity index (χ1n) is 8.33. The molecule has 0 radical (unpaired) electrons. The summed E-state index contributed by atoms with van der Waals surface area (Å²) in [5, 5.41) is 9.91. The molecule has 132 valence electrons. The molecular weight excluding hydrogens is 332 g/mol. The Bertz CT molecular complexity index is 762. The molecule has 0 saturated carbocycles. The number of nitriles is 1. The first-order chi connectivity index (χ1) is 11.9. The maximum atomic E-state index is 12.6. The Kier molecular flexibility index (Phi) is 6.65. The monoisotopic (exact) mass is 356 g/mol. The summed E-state index contributed by atoms with van der Waals surface area (Å²) in [6, 6.07) is 11.4. The highest BCUT2D eigenvalue weighted by Gasteiger charge is 2.18. The molecule has 0 bridgehead atoms. The average molecular weight is 356 g/mol. The molecule has 25 heavy (non-hydrogen) atoms. The van der Waals surface area contributed by atoms with E-state index in [9.17, 15) is 4.79 Å². The topological polar surface area (TPSA) is 61.9 Å². The SMILES string of the molecule is Cc1nc(SCC(=O)N(CC#N)c2ccccc2)n(CC(C)C)c1C. The number of rotatable bonds is 7. The van der Waals surface area contributed by atoms with Crippen molar-refractivity contribution in [2.75, 3.05) is 17.2 Å².